The van der Waals surface area contributed by atoms with Crippen molar-refractivity contribution in [3.8, 4) is 5.82 Å². The molecular formula is C14H14N6O. The topological polar surface area (TPSA) is 77.6 Å². The van der Waals surface area contributed by atoms with Crippen molar-refractivity contribution in [2.75, 3.05) is 5.32 Å². The van der Waals surface area contributed by atoms with Gasteiger partial charge in [-0.25, -0.2) is 15.0 Å². The molecule has 0 atom stereocenters. The van der Waals surface area contributed by atoms with Crippen molar-refractivity contribution in [3.05, 3.63) is 55.1 Å². The van der Waals surface area contributed by atoms with Gasteiger partial charge in [0.15, 0.2) is 0 Å². The Balaban J connectivity index is 1.74. The Kier molecular flexibility index (Phi) is 3.46. The highest BCUT2D eigenvalue weighted by Gasteiger charge is 2.07. The maximum absolute atomic E-state index is 11.9. The van der Waals surface area contributed by atoms with Crippen molar-refractivity contribution in [2.24, 2.45) is 0 Å². The van der Waals surface area contributed by atoms with Gasteiger partial charge in [-0.05, 0) is 19.1 Å². The smallest absolute Gasteiger partial charge is 0.245 e. The molecule has 0 aliphatic heterocycles. The van der Waals surface area contributed by atoms with Crippen LogP contribution in [0.1, 0.15) is 5.82 Å². The van der Waals surface area contributed by atoms with Gasteiger partial charge in [0.25, 0.3) is 0 Å². The minimum atomic E-state index is -0.141. The highest BCUT2D eigenvalue weighted by Crippen LogP contribution is 2.10. The van der Waals surface area contributed by atoms with Crippen LogP contribution in [0.2, 0.25) is 0 Å². The standard InChI is InChI=1S/C14H14N6O/c1-11-15-4-7-20(11)13-8-12(16-10-17-13)18-14(21)9-19-5-2-3-6-19/h2-8,10H,9H2,1H3,(H,16,17,18,21). The monoisotopic (exact) mass is 282 g/mol. The van der Waals surface area contributed by atoms with E-state index in [2.05, 4.69) is 20.3 Å². The molecule has 7 heteroatoms. The van der Waals surface area contributed by atoms with E-state index in [4.69, 9.17) is 0 Å². The number of amides is 1. The molecule has 3 rings (SSSR count). The molecule has 0 aliphatic carbocycles. The van der Waals surface area contributed by atoms with Gasteiger partial charge in [0.1, 0.15) is 30.3 Å². The third kappa shape index (κ3) is 2.97. The van der Waals surface area contributed by atoms with E-state index in [1.54, 1.807) is 16.8 Å². The Morgan fingerprint density at radius 2 is 2.00 bits per heavy atom. The lowest BCUT2D eigenvalue weighted by Gasteiger charge is -2.08. The number of nitrogens with one attached hydrogen (secondary N) is 1. The van der Waals surface area contributed by atoms with Crippen LogP contribution in [0.15, 0.2) is 49.3 Å². The molecular weight excluding hydrogens is 268 g/mol. The number of aryl methyl sites for hydroxylation is 1. The van der Waals surface area contributed by atoms with E-state index in [0.717, 1.165) is 5.82 Å². The van der Waals surface area contributed by atoms with Crippen LogP contribution in [0.3, 0.4) is 0 Å². The average molecular weight is 282 g/mol. The molecule has 0 radical (unpaired) electrons. The molecule has 3 aromatic rings. The quantitative estimate of drug-likeness (QED) is 0.785. The Bertz CT molecular complexity index is 746. The number of hydrogen-bond acceptors (Lipinski definition) is 4. The summed E-state index contributed by atoms with van der Waals surface area (Å²) in [7, 11) is 0. The third-order valence-electron chi connectivity index (χ3n) is 2.99. The average Bonchev–Trinajstić information content (AvgIpc) is 3.10. The summed E-state index contributed by atoms with van der Waals surface area (Å²) in [6.45, 7) is 2.13. The zero-order valence-corrected chi connectivity index (χ0v) is 11.5. The minimum Gasteiger partial charge on any atom is -0.345 e. The molecule has 21 heavy (non-hydrogen) atoms. The van der Waals surface area contributed by atoms with Gasteiger partial charge < -0.3 is 9.88 Å². The Morgan fingerprint density at radius 3 is 2.71 bits per heavy atom. The zero-order valence-electron chi connectivity index (χ0n) is 11.5. The summed E-state index contributed by atoms with van der Waals surface area (Å²) < 4.78 is 3.61. The van der Waals surface area contributed by atoms with Gasteiger partial charge in [-0.2, -0.15) is 0 Å². The molecule has 1 amide bonds. The Labute approximate surface area is 121 Å². The summed E-state index contributed by atoms with van der Waals surface area (Å²) >= 11 is 0. The first-order valence-corrected chi connectivity index (χ1v) is 6.45. The largest absolute Gasteiger partial charge is 0.345 e. The lowest BCUT2D eigenvalue weighted by molar-refractivity contribution is -0.116. The normalized spacial score (nSPS) is 10.5. The summed E-state index contributed by atoms with van der Waals surface area (Å²) in [6, 6.07) is 5.46. The number of nitrogens with zero attached hydrogens (tertiary/aromatic N) is 5. The second kappa shape index (κ2) is 5.58. The first-order chi connectivity index (χ1) is 10.2. The summed E-state index contributed by atoms with van der Waals surface area (Å²) in [5.41, 5.74) is 0. The van der Waals surface area contributed by atoms with E-state index in [-0.39, 0.29) is 12.5 Å². The van der Waals surface area contributed by atoms with Gasteiger partial charge in [-0.1, -0.05) is 0 Å². The SMILES string of the molecule is Cc1nccn1-c1cc(NC(=O)Cn2cccc2)ncn1. The van der Waals surface area contributed by atoms with E-state index in [0.29, 0.717) is 11.6 Å². The fourth-order valence-electron chi connectivity index (χ4n) is 1.99. The van der Waals surface area contributed by atoms with Crippen LogP contribution in [0, 0.1) is 6.92 Å². The van der Waals surface area contributed by atoms with Gasteiger partial charge in [0.05, 0.1) is 0 Å². The number of rotatable bonds is 4. The second-order valence-electron chi connectivity index (χ2n) is 4.51. The molecule has 3 heterocycles. The van der Waals surface area contributed by atoms with Crippen molar-refractivity contribution in [1.82, 2.24) is 24.1 Å². The Hall–Kier alpha value is -2.96. The van der Waals surface area contributed by atoms with Crippen molar-refractivity contribution in [3.63, 3.8) is 0 Å². The first-order valence-electron chi connectivity index (χ1n) is 6.45. The second-order valence-corrected chi connectivity index (χ2v) is 4.51. The maximum atomic E-state index is 11.9. The van der Waals surface area contributed by atoms with Gasteiger partial charge in [0.2, 0.25) is 5.91 Å². The van der Waals surface area contributed by atoms with Crippen LogP contribution in [-0.2, 0) is 11.3 Å². The molecule has 0 unspecified atom stereocenters. The van der Waals surface area contributed by atoms with E-state index in [1.165, 1.54) is 6.33 Å². The molecule has 0 aliphatic rings. The van der Waals surface area contributed by atoms with Gasteiger partial charge in [-0.3, -0.25) is 9.36 Å². The van der Waals surface area contributed by atoms with Crippen LogP contribution in [0.4, 0.5) is 5.82 Å². The van der Waals surface area contributed by atoms with Crippen LogP contribution >= 0.6 is 0 Å². The first kappa shape index (κ1) is 13.0. The van der Waals surface area contributed by atoms with Crippen LogP contribution in [0.5, 0.6) is 0 Å². The predicted octanol–water partition coefficient (Wildman–Crippen LogP) is 1.41. The number of imidazole rings is 1. The molecule has 3 aromatic heterocycles. The molecule has 0 saturated heterocycles. The number of anilines is 1. The van der Waals surface area contributed by atoms with E-state index >= 15 is 0 Å². The molecule has 0 bridgehead atoms. The Morgan fingerprint density at radius 1 is 1.19 bits per heavy atom. The van der Waals surface area contributed by atoms with E-state index in [1.807, 2.05) is 42.2 Å². The van der Waals surface area contributed by atoms with Crippen LogP contribution < -0.4 is 5.32 Å². The third-order valence-corrected chi connectivity index (χ3v) is 2.99. The van der Waals surface area contributed by atoms with E-state index in [9.17, 15) is 4.79 Å². The number of carbonyl (C=O) groups excluding carboxylic acids is 1. The molecule has 0 spiro atoms. The lowest BCUT2D eigenvalue weighted by Crippen LogP contribution is -2.18. The van der Waals surface area contributed by atoms with Crippen molar-refractivity contribution < 1.29 is 4.79 Å². The van der Waals surface area contributed by atoms with Crippen molar-refractivity contribution >= 4 is 11.7 Å². The molecule has 106 valence electrons. The number of aromatic nitrogens is 5. The van der Waals surface area contributed by atoms with E-state index < -0.39 is 0 Å². The predicted molar refractivity (Wildman–Crippen MR) is 77.0 cm³/mol. The molecule has 0 saturated carbocycles. The van der Waals surface area contributed by atoms with Gasteiger partial charge in [-0.15, -0.1) is 0 Å². The highest BCUT2D eigenvalue weighted by atomic mass is 16.2. The molecule has 1 N–H and O–H groups in total. The molecule has 0 aromatic carbocycles. The number of hydrogen-bond donors (Lipinski definition) is 1. The van der Waals surface area contributed by atoms with Gasteiger partial charge in [0, 0.05) is 30.9 Å². The fourth-order valence-corrected chi connectivity index (χ4v) is 1.99. The highest BCUT2D eigenvalue weighted by molar-refractivity contribution is 5.89. The summed E-state index contributed by atoms with van der Waals surface area (Å²) in [5, 5.41) is 2.76. The van der Waals surface area contributed by atoms with Crippen molar-refractivity contribution in [2.45, 2.75) is 13.5 Å². The zero-order chi connectivity index (χ0) is 14.7. The number of carbonyl (C=O) groups is 1. The lowest BCUT2D eigenvalue weighted by atomic mass is 10.4. The summed E-state index contributed by atoms with van der Waals surface area (Å²) in [4.78, 5) is 24.3. The fraction of sp³-hybridized carbons (Fsp3) is 0.143. The summed E-state index contributed by atoms with van der Waals surface area (Å²) in [6.07, 6.45) is 8.59. The van der Waals surface area contributed by atoms with Crippen LogP contribution in [0.25, 0.3) is 5.82 Å². The molecule has 0 fully saturated rings. The maximum Gasteiger partial charge on any atom is 0.245 e. The van der Waals surface area contributed by atoms with Crippen molar-refractivity contribution in [1.29, 1.82) is 0 Å². The van der Waals surface area contributed by atoms with Crippen LogP contribution in [-0.4, -0.2) is 30.0 Å². The van der Waals surface area contributed by atoms with Gasteiger partial charge >= 0.3 is 0 Å². The minimum absolute atomic E-state index is 0.141. The summed E-state index contributed by atoms with van der Waals surface area (Å²) in [5.74, 6) is 1.80. The molecule has 7 nitrogen and oxygen atoms in total.